The first-order valence-corrected chi connectivity index (χ1v) is 10.5. The number of hydrogen-bond donors (Lipinski definition) is 1. The summed E-state index contributed by atoms with van der Waals surface area (Å²) in [5.41, 5.74) is 7.25. The zero-order valence-electron chi connectivity index (χ0n) is 16.3. The normalized spacial score (nSPS) is 38.6. The van der Waals surface area contributed by atoms with Crippen LogP contribution in [0.15, 0.2) is 12.1 Å². The third-order valence-electron chi connectivity index (χ3n) is 7.63. The van der Waals surface area contributed by atoms with Crippen molar-refractivity contribution >= 4 is 12.0 Å². The molecule has 6 atom stereocenters. The molecule has 2 N–H and O–H groups in total. The highest BCUT2D eigenvalue weighted by molar-refractivity contribution is 5.81. The van der Waals surface area contributed by atoms with E-state index in [-0.39, 0.29) is 41.3 Å². The van der Waals surface area contributed by atoms with Gasteiger partial charge < -0.3 is 15.4 Å². The Morgan fingerprint density at radius 2 is 1.93 bits per heavy atom. The molecular weight excluding hydrogens is 356 g/mol. The minimum Gasteiger partial charge on any atom is -0.446 e. The molecule has 1 aromatic rings. The molecule has 0 radical (unpaired) electrons. The number of ether oxygens (including phenoxy) is 1. The zero-order valence-corrected chi connectivity index (χ0v) is 16.3. The standard InChI is InChI=1S/C21H28N4O3/c1-12-2-3-17(24-23-12)14-4-5-25(11-14)20(27)28-18-15-6-13-7-16(18)10-21(8-13,9-15)19(22)26/h2-3,13-16,18H,4-11H2,1H3,(H2,22,26)/t13?,14?,15-,16+,18?,21?. The van der Waals surface area contributed by atoms with Crippen LogP contribution < -0.4 is 5.73 Å². The van der Waals surface area contributed by atoms with E-state index in [0.717, 1.165) is 49.9 Å². The van der Waals surface area contributed by atoms with Crippen molar-refractivity contribution in [2.45, 2.75) is 57.5 Å². The van der Waals surface area contributed by atoms with Gasteiger partial charge in [0.15, 0.2) is 0 Å². The number of primary amides is 1. The molecule has 150 valence electrons. The molecule has 5 fully saturated rings. The maximum atomic E-state index is 12.9. The van der Waals surface area contributed by atoms with Crippen LogP contribution in [-0.4, -0.2) is 46.3 Å². The molecule has 4 unspecified atom stereocenters. The van der Waals surface area contributed by atoms with Gasteiger partial charge in [-0.15, -0.1) is 0 Å². The van der Waals surface area contributed by atoms with Gasteiger partial charge in [-0.1, -0.05) is 0 Å². The van der Waals surface area contributed by atoms with E-state index in [4.69, 9.17) is 10.5 Å². The van der Waals surface area contributed by atoms with Crippen LogP contribution in [0.4, 0.5) is 4.79 Å². The molecule has 28 heavy (non-hydrogen) atoms. The minimum atomic E-state index is -0.345. The SMILES string of the molecule is Cc1ccc(C2CCN(C(=O)OC3[C@@H]4CC5C[C@H]3CC(C(N)=O)(C5)C4)C2)nn1. The Kier molecular flexibility index (Phi) is 4.10. The molecule has 6 rings (SSSR count). The van der Waals surface area contributed by atoms with Crippen LogP contribution in [0.1, 0.15) is 55.8 Å². The van der Waals surface area contributed by atoms with Crippen molar-refractivity contribution in [2.24, 2.45) is 28.9 Å². The summed E-state index contributed by atoms with van der Waals surface area (Å²) in [6, 6.07) is 3.97. The molecule has 0 aromatic carbocycles. The molecule has 7 heteroatoms. The number of likely N-dealkylation sites (tertiary alicyclic amines) is 1. The van der Waals surface area contributed by atoms with Crippen LogP contribution in [0.3, 0.4) is 0 Å². The fourth-order valence-electron chi connectivity index (χ4n) is 6.46. The van der Waals surface area contributed by atoms with E-state index in [1.54, 1.807) is 4.90 Å². The molecule has 4 saturated carbocycles. The lowest BCUT2D eigenvalue weighted by Gasteiger charge is -2.58. The van der Waals surface area contributed by atoms with Gasteiger partial charge in [0, 0.05) is 19.0 Å². The number of rotatable bonds is 3. The van der Waals surface area contributed by atoms with Crippen molar-refractivity contribution in [3.05, 3.63) is 23.5 Å². The highest BCUT2D eigenvalue weighted by Crippen LogP contribution is 2.60. The van der Waals surface area contributed by atoms with Crippen LogP contribution in [-0.2, 0) is 9.53 Å². The fraction of sp³-hybridized carbons (Fsp3) is 0.714. The molecule has 2 amide bonds. The number of amides is 2. The smallest absolute Gasteiger partial charge is 0.410 e. The van der Waals surface area contributed by atoms with Crippen molar-refractivity contribution in [2.75, 3.05) is 13.1 Å². The lowest BCUT2D eigenvalue weighted by atomic mass is 9.48. The van der Waals surface area contributed by atoms with E-state index in [2.05, 4.69) is 10.2 Å². The number of aromatic nitrogens is 2. The third-order valence-corrected chi connectivity index (χ3v) is 7.63. The minimum absolute atomic E-state index is 0.0604. The first-order chi connectivity index (χ1) is 13.4. The predicted octanol–water partition coefficient (Wildman–Crippen LogP) is 2.39. The summed E-state index contributed by atoms with van der Waals surface area (Å²) >= 11 is 0. The number of carbonyl (C=O) groups is 2. The molecule has 2 heterocycles. The monoisotopic (exact) mass is 384 g/mol. The average molecular weight is 384 g/mol. The van der Waals surface area contributed by atoms with Crippen molar-refractivity contribution in [3.8, 4) is 0 Å². The van der Waals surface area contributed by atoms with Gasteiger partial charge in [0.2, 0.25) is 5.91 Å². The topological polar surface area (TPSA) is 98.4 Å². The largest absolute Gasteiger partial charge is 0.446 e. The Morgan fingerprint density at radius 3 is 2.57 bits per heavy atom. The molecule has 4 bridgehead atoms. The van der Waals surface area contributed by atoms with E-state index in [1.807, 2.05) is 19.1 Å². The Hall–Kier alpha value is -2.18. The Balaban J connectivity index is 1.23. The van der Waals surface area contributed by atoms with Crippen molar-refractivity contribution in [1.82, 2.24) is 15.1 Å². The second kappa shape index (κ2) is 6.42. The average Bonchev–Trinajstić information content (AvgIpc) is 3.15. The van der Waals surface area contributed by atoms with Crippen molar-refractivity contribution < 1.29 is 14.3 Å². The van der Waals surface area contributed by atoms with Crippen LogP contribution in [0.5, 0.6) is 0 Å². The summed E-state index contributed by atoms with van der Waals surface area (Å²) in [5, 5.41) is 8.42. The number of nitrogens with two attached hydrogens (primary N) is 1. The summed E-state index contributed by atoms with van der Waals surface area (Å²) in [6.07, 6.45) is 5.24. The van der Waals surface area contributed by atoms with Gasteiger partial charge in [-0.05, 0) is 75.3 Å². The summed E-state index contributed by atoms with van der Waals surface area (Å²) < 4.78 is 6.04. The summed E-state index contributed by atoms with van der Waals surface area (Å²) in [7, 11) is 0. The number of aryl methyl sites for hydroxylation is 1. The van der Waals surface area contributed by atoms with Crippen LogP contribution in [0, 0.1) is 30.1 Å². The summed E-state index contributed by atoms with van der Waals surface area (Å²) in [5.74, 6) is 1.19. The van der Waals surface area contributed by atoms with Gasteiger partial charge in [0.05, 0.1) is 16.8 Å². The van der Waals surface area contributed by atoms with Crippen LogP contribution in [0.2, 0.25) is 0 Å². The molecule has 4 aliphatic carbocycles. The quantitative estimate of drug-likeness (QED) is 0.863. The van der Waals surface area contributed by atoms with Gasteiger partial charge in [-0.3, -0.25) is 4.79 Å². The van der Waals surface area contributed by atoms with Gasteiger partial charge in [-0.2, -0.15) is 10.2 Å². The fourth-order valence-corrected chi connectivity index (χ4v) is 6.46. The third kappa shape index (κ3) is 2.86. The zero-order chi connectivity index (χ0) is 19.5. The van der Waals surface area contributed by atoms with Crippen LogP contribution in [0.25, 0.3) is 0 Å². The van der Waals surface area contributed by atoms with E-state index < -0.39 is 0 Å². The maximum Gasteiger partial charge on any atom is 0.410 e. The first kappa shape index (κ1) is 17.9. The van der Waals surface area contributed by atoms with Crippen LogP contribution >= 0.6 is 0 Å². The van der Waals surface area contributed by atoms with Gasteiger partial charge in [0.25, 0.3) is 0 Å². The number of carbonyl (C=O) groups excluding carboxylic acids is 2. The first-order valence-electron chi connectivity index (χ1n) is 10.5. The predicted molar refractivity (Wildman–Crippen MR) is 101 cm³/mol. The van der Waals surface area contributed by atoms with Crippen molar-refractivity contribution in [1.29, 1.82) is 0 Å². The van der Waals surface area contributed by atoms with E-state index in [0.29, 0.717) is 19.0 Å². The summed E-state index contributed by atoms with van der Waals surface area (Å²) in [6.45, 7) is 3.24. The lowest BCUT2D eigenvalue weighted by Crippen LogP contribution is -2.59. The maximum absolute atomic E-state index is 12.9. The van der Waals surface area contributed by atoms with E-state index in [9.17, 15) is 9.59 Å². The Morgan fingerprint density at radius 1 is 1.18 bits per heavy atom. The molecule has 1 saturated heterocycles. The molecule has 7 nitrogen and oxygen atoms in total. The Bertz CT molecular complexity index is 779. The van der Waals surface area contributed by atoms with Crippen molar-refractivity contribution in [3.63, 3.8) is 0 Å². The Labute approximate surface area is 165 Å². The number of hydrogen-bond acceptors (Lipinski definition) is 5. The number of nitrogens with zero attached hydrogens (tertiary/aromatic N) is 3. The molecule has 0 spiro atoms. The van der Waals surface area contributed by atoms with E-state index >= 15 is 0 Å². The van der Waals surface area contributed by atoms with Gasteiger partial charge >= 0.3 is 6.09 Å². The molecular formula is C21H28N4O3. The highest BCUT2D eigenvalue weighted by atomic mass is 16.6. The van der Waals surface area contributed by atoms with Gasteiger partial charge in [-0.25, -0.2) is 4.79 Å². The molecule has 1 aromatic heterocycles. The second-order valence-corrected chi connectivity index (χ2v) is 9.49. The van der Waals surface area contributed by atoms with E-state index in [1.165, 1.54) is 0 Å². The molecule has 1 aliphatic heterocycles. The molecule has 5 aliphatic rings. The summed E-state index contributed by atoms with van der Waals surface area (Å²) in [4.78, 5) is 26.7. The highest BCUT2D eigenvalue weighted by Gasteiger charge is 2.59. The second-order valence-electron chi connectivity index (χ2n) is 9.49. The van der Waals surface area contributed by atoms with Gasteiger partial charge in [0.1, 0.15) is 6.10 Å². The lowest BCUT2D eigenvalue weighted by molar-refractivity contribution is -0.161.